The second-order valence-electron chi connectivity index (χ2n) is 4.32. The largest absolute Gasteiger partial charge is 0.496 e. The summed E-state index contributed by atoms with van der Waals surface area (Å²) in [7, 11) is 3.30. The highest BCUT2D eigenvalue weighted by atomic mass is 32.1. The van der Waals surface area contributed by atoms with Crippen LogP contribution in [0.25, 0.3) is 21.5 Å². The number of pyridine rings is 1. The topological polar surface area (TPSA) is 44.2 Å². The lowest BCUT2D eigenvalue weighted by Crippen LogP contribution is -1.93. The van der Waals surface area contributed by atoms with E-state index in [0.29, 0.717) is 0 Å². The van der Waals surface area contributed by atoms with Gasteiger partial charge in [0.1, 0.15) is 21.8 Å². The van der Waals surface area contributed by atoms with Crippen molar-refractivity contribution in [3.8, 4) is 22.6 Å². The SMILES string of the molecule is COc1cccc(OC)c1-c1cnc2sc(C)nc2c1. The van der Waals surface area contributed by atoms with Crippen LogP contribution < -0.4 is 9.47 Å². The Morgan fingerprint density at radius 1 is 1.10 bits per heavy atom. The first-order chi connectivity index (χ1) is 9.72. The highest BCUT2D eigenvalue weighted by Crippen LogP contribution is 2.38. The summed E-state index contributed by atoms with van der Waals surface area (Å²) in [4.78, 5) is 9.90. The molecule has 1 aromatic carbocycles. The van der Waals surface area contributed by atoms with Gasteiger partial charge in [-0.1, -0.05) is 17.4 Å². The van der Waals surface area contributed by atoms with Gasteiger partial charge < -0.3 is 9.47 Å². The molecule has 0 aliphatic rings. The maximum absolute atomic E-state index is 5.43. The molecule has 102 valence electrons. The van der Waals surface area contributed by atoms with Gasteiger partial charge in [0.15, 0.2) is 0 Å². The summed E-state index contributed by atoms with van der Waals surface area (Å²) in [6.07, 6.45) is 1.83. The molecule has 0 saturated carbocycles. The van der Waals surface area contributed by atoms with Crippen molar-refractivity contribution in [2.75, 3.05) is 14.2 Å². The summed E-state index contributed by atoms with van der Waals surface area (Å²) >= 11 is 1.59. The molecule has 0 N–H and O–H groups in total. The van der Waals surface area contributed by atoms with Crippen LogP contribution in [0.1, 0.15) is 5.01 Å². The Morgan fingerprint density at radius 3 is 2.45 bits per heavy atom. The maximum atomic E-state index is 5.43. The summed E-state index contributed by atoms with van der Waals surface area (Å²) in [5.41, 5.74) is 2.74. The van der Waals surface area contributed by atoms with Gasteiger partial charge >= 0.3 is 0 Å². The monoisotopic (exact) mass is 286 g/mol. The zero-order valence-corrected chi connectivity index (χ0v) is 12.3. The van der Waals surface area contributed by atoms with E-state index < -0.39 is 0 Å². The highest BCUT2D eigenvalue weighted by molar-refractivity contribution is 7.18. The van der Waals surface area contributed by atoms with Crippen LogP contribution in [-0.2, 0) is 0 Å². The molecule has 0 aliphatic heterocycles. The molecule has 0 unspecified atom stereocenters. The molecule has 0 spiro atoms. The quantitative estimate of drug-likeness (QED) is 0.736. The van der Waals surface area contributed by atoms with Crippen LogP contribution in [0.4, 0.5) is 0 Å². The van der Waals surface area contributed by atoms with E-state index in [1.165, 1.54) is 0 Å². The minimum Gasteiger partial charge on any atom is -0.496 e. The third-order valence-electron chi connectivity index (χ3n) is 3.07. The van der Waals surface area contributed by atoms with Gasteiger partial charge in [-0.05, 0) is 25.1 Å². The van der Waals surface area contributed by atoms with Crippen LogP contribution in [0.15, 0.2) is 30.5 Å². The lowest BCUT2D eigenvalue weighted by atomic mass is 10.1. The smallest absolute Gasteiger partial charge is 0.143 e. The average molecular weight is 286 g/mol. The van der Waals surface area contributed by atoms with Gasteiger partial charge in [-0.3, -0.25) is 0 Å². The first-order valence-electron chi connectivity index (χ1n) is 6.17. The number of ether oxygens (including phenoxy) is 2. The van der Waals surface area contributed by atoms with E-state index in [1.54, 1.807) is 25.6 Å². The van der Waals surface area contributed by atoms with E-state index in [1.807, 2.05) is 37.4 Å². The molecular formula is C15H14N2O2S. The Bertz CT molecular complexity index is 745. The van der Waals surface area contributed by atoms with Gasteiger partial charge in [0.2, 0.25) is 0 Å². The van der Waals surface area contributed by atoms with Crippen molar-refractivity contribution in [2.24, 2.45) is 0 Å². The van der Waals surface area contributed by atoms with Crippen molar-refractivity contribution in [1.82, 2.24) is 9.97 Å². The molecule has 2 aromatic heterocycles. The van der Waals surface area contributed by atoms with E-state index >= 15 is 0 Å². The Balaban J connectivity index is 2.23. The Kier molecular flexibility index (Phi) is 3.28. The number of fused-ring (bicyclic) bond motifs is 1. The van der Waals surface area contributed by atoms with Gasteiger partial charge in [0.05, 0.1) is 24.8 Å². The normalized spacial score (nSPS) is 10.8. The first-order valence-corrected chi connectivity index (χ1v) is 6.99. The molecule has 0 fully saturated rings. The summed E-state index contributed by atoms with van der Waals surface area (Å²) in [5.74, 6) is 1.52. The minimum atomic E-state index is 0.762. The third kappa shape index (κ3) is 2.10. The fourth-order valence-electron chi connectivity index (χ4n) is 2.20. The van der Waals surface area contributed by atoms with Gasteiger partial charge in [-0.2, -0.15) is 0 Å². The van der Waals surface area contributed by atoms with Gasteiger partial charge in [-0.25, -0.2) is 9.97 Å². The molecule has 3 rings (SSSR count). The second-order valence-corrected chi connectivity index (χ2v) is 5.50. The number of methoxy groups -OCH3 is 2. The van der Waals surface area contributed by atoms with Crippen molar-refractivity contribution < 1.29 is 9.47 Å². The summed E-state index contributed by atoms with van der Waals surface area (Å²) in [6, 6.07) is 7.75. The van der Waals surface area contributed by atoms with Crippen molar-refractivity contribution in [3.05, 3.63) is 35.5 Å². The predicted octanol–water partition coefficient (Wildman–Crippen LogP) is 3.68. The molecule has 0 radical (unpaired) electrons. The van der Waals surface area contributed by atoms with E-state index in [-0.39, 0.29) is 0 Å². The van der Waals surface area contributed by atoms with Crippen molar-refractivity contribution in [2.45, 2.75) is 6.92 Å². The molecule has 0 atom stereocenters. The fourth-order valence-corrected chi connectivity index (χ4v) is 2.94. The lowest BCUT2D eigenvalue weighted by Gasteiger charge is -2.12. The lowest BCUT2D eigenvalue weighted by molar-refractivity contribution is 0.397. The molecule has 0 saturated heterocycles. The van der Waals surface area contributed by atoms with Gasteiger partial charge in [0, 0.05) is 11.8 Å². The number of aromatic nitrogens is 2. The molecule has 0 aliphatic carbocycles. The van der Waals surface area contributed by atoms with Crippen LogP contribution in [0.3, 0.4) is 0 Å². The predicted molar refractivity (Wildman–Crippen MR) is 80.7 cm³/mol. The van der Waals surface area contributed by atoms with Crippen LogP contribution >= 0.6 is 11.3 Å². The zero-order valence-electron chi connectivity index (χ0n) is 11.5. The first kappa shape index (κ1) is 12.9. The van der Waals surface area contributed by atoms with Crippen molar-refractivity contribution in [1.29, 1.82) is 0 Å². The van der Waals surface area contributed by atoms with Crippen LogP contribution in [0, 0.1) is 6.92 Å². The minimum absolute atomic E-state index is 0.762. The Morgan fingerprint density at radius 2 is 1.80 bits per heavy atom. The highest BCUT2D eigenvalue weighted by Gasteiger charge is 2.14. The zero-order chi connectivity index (χ0) is 14.1. The number of aryl methyl sites for hydroxylation is 1. The van der Waals surface area contributed by atoms with Crippen LogP contribution in [-0.4, -0.2) is 24.2 Å². The van der Waals surface area contributed by atoms with Crippen molar-refractivity contribution >= 4 is 21.7 Å². The van der Waals surface area contributed by atoms with Crippen LogP contribution in [0.5, 0.6) is 11.5 Å². The summed E-state index contributed by atoms with van der Waals surface area (Å²) < 4.78 is 10.9. The van der Waals surface area contributed by atoms with E-state index in [9.17, 15) is 0 Å². The molecule has 20 heavy (non-hydrogen) atoms. The maximum Gasteiger partial charge on any atom is 0.143 e. The third-order valence-corrected chi connectivity index (χ3v) is 3.97. The van der Waals surface area contributed by atoms with E-state index in [4.69, 9.17) is 9.47 Å². The summed E-state index contributed by atoms with van der Waals surface area (Å²) in [6.45, 7) is 1.98. The number of rotatable bonds is 3. The van der Waals surface area contributed by atoms with E-state index in [0.717, 1.165) is 38.0 Å². The number of hydrogen-bond acceptors (Lipinski definition) is 5. The number of nitrogens with zero attached hydrogens (tertiary/aromatic N) is 2. The van der Waals surface area contributed by atoms with Gasteiger partial charge in [0.25, 0.3) is 0 Å². The van der Waals surface area contributed by atoms with E-state index in [2.05, 4.69) is 9.97 Å². The summed E-state index contributed by atoms with van der Waals surface area (Å²) in [5, 5.41) is 1.01. The Hall–Kier alpha value is -2.14. The molecule has 0 bridgehead atoms. The van der Waals surface area contributed by atoms with Crippen LogP contribution in [0.2, 0.25) is 0 Å². The Labute approximate surface area is 121 Å². The molecular weight excluding hydrogens is 272 g/mol. The second kappa shape index (κ2) is 5.09. The number of benzene rings is 1. The van der Waals surface area contributed by atoms with Crippen molar-refractivity contribution in [3.63, 3.8) is 0 Å². The van der Waals surface area contributed by atoms with Gasteiger partial charge in [-0.15, -0.1) is 0 Å². The molecule has 3 aromatic rings. The fraction of sp³-hybridized carbons (Fsp3) is 0.200. The number of thiazole rings is 1. The molecule has 4 nitrogen and oxygen atoms in total. The molecule has 0 amide bonds. The molecule has 2 heterocycles. The molecule has 5 heteroatoms. The number of hydrogen-bond donors (Lipinski definition) is 0. The standard InChI is InChI=1S/C15H14N2O2S/c1-9-17-11-7-10(8-16-15(11)20-9)14-12(18-2)5-4-6-13(14)19-3/h4-8H,1-3H3. The average Bonchev–Trinajstić information content (AvgIpc) is 2.85.